The Morgan fingerprint density at radius 1 is 0.909 bits per heavy atom. The lowest BCUT2D eigenvalue weighted by molar-refractivity contribution is 0.555. The standard InChI is InChI=1S/C18H28N2.C2H6/c1-5-10-18(11-6-2)16(4)20-19-15(3)14-17-12-8-7-9-13-17;1-2/h7-9,12-13,18H,5-6,10-11,14H2,1-4H3;1-2H3/b19-15+,20-16+;. The Morgan fingerprint density at radius 3 is 1.95 bits per heavy atom. The van der Waals surface area contributed by atoms with E-state index in [2.05, 4.69) is 62.2 Å². The molecule has 0 fully saturated rings. The van der Waals surface area contributed by atoms with Crippen LogP contribution in [0, 0.1) is 5.92 Å². The van der Waals surface area contributed by atoms with Crippen LogP contribution in [0.3, 0.4) is 0 Å². The van der Waals surface area contributed by atoms with Crippen LogP contribution in [-0.4, -0.2) is 11.4 Å². The Balaban J connectivity index is 0.00000211. The highest BCUT2D eigenvalue weighted by Crippen LogP contribution is 2.15. The van der Waals surface area contributed by atoms with Gasteiger partial charge in [-0.15, -0.1) is 0 Å². The van der Waals surface area contributed by atoms with Gasteiger partial charge in [0.1, 0.15) is 0 Å². The molecule has 0 radical (unpaired) electrons. The summed E-state index contributed by atoms with van der Waals surface area (Å²) in [5.41, 5.74) is 3.55. The minimum atomic E-state index is 0.596. The molecule has 1 rings (SSSR count). The van der Waals surface area contributed by atoms with Gasteiger partial charge in [-0.05, 0) is 38.2 Å². The summed E-state index contributed by atoms with van der Waals surface area (Å²) in [5.74, 6) is 0.596. The van der Waals surface area contributed by atoms with Crippen LogP contribution in [0.2, 0.25) is 0 Å². The second-order valence-corrected chi connectivity index (χ2v) is 5.51. The summed E-state index contributed by atoms with van der Waals surface area (Å²) in [5, 5.41) is 8.87. The third-order valence-electron chi connectivity index (χ3n) is 3.55. The zero-order valence-corrected chi connectivity index (χ0v) is 15.4. The molecule has 0 unspecified atom stereocenters. The summed E-state index contributed by atoms with van der Waals surface area (Å²) in [6, 6.07) is 10.4. The van der Waals surface area contributed by atoms with Crippen molar-refractivity contribution in [3.8, 4) is 0 Å². The van der Waals surface area contributed by atoms with Crippen LogP contribution in [0.1, 0.15) is 72.8 Å². The number of nitrogens with zero attached hydrogens (tertiary/aromatic N) is 2. The van der Waals surface area contributed by atoms with Gasteiger partial charge in [0.25, 0.3) is 0 Å². The fourth-order valence-corrected chi connectivity index (χ4v) is 2.43. The SMILES string of the molecule is CC.CCCC(CCC)/C(C)=N/N=C(\C)Cc1ccccc1. The first kappa shape index (κ1) is 20.6. The van der Waals surface area contributed by atoms with Gasteiger partial charge in [-0.2, -0.15) is 10.2 Å². The number of benzene rings is 1. The minimum Gasteiger partial charge on any atom is -0.160 e. The van der Waals surface area contributed by atoms with E-state index in [1.54, 1.807) is 0 Å². The molecular formula is C20H34N2. The van der Waals surface area contributed by atoms with Crippen LogP contribution >= 0.6 is 0 Å². The Hall–Kier alpha value is -1.44. The van der Waals surface area contributed by atoms with E-state index in [1.165, 1.54) is 37.0 Å². The molecule has 2 nitrogen and oxygen atoms in total. The maximum atomic E-state index is 4.46. The lowest BCUT2D eigenvalue weighted by Gasteiger charge is -2.13. The van der Waals surface area contributed by atoms with Crippen LogP contribution in [0.4, 0.5) is 0 Å². The van der Waals surface area contributed by atoms with Crippen molar-refractivity contribution in [1.82, 2.24) is 0 Å². The highest BCUT2D eigenvalue weighted by molar-refractivity contribution is 5.87. The predicted octanol–water partition coefficient (Wildman–Crippen LogP) is 6.31. The van der Waals surface area contributed by atoms with E-state index >= 15 is 0 Å². The minimum absolute atomic E-state index is 0.596. The molecule has 0 aromatic heterocycles. The largest absolute Gasteiger partial charge is 0.160 e. The van der Waals surface area contributed by atoms with Crippen LogP contribution in [0.15, 0.2) is 40.5 Å². The van der Waals surface area contributed by atoms with E-state index < -0.39 is 0 Å². The lowest BCUT2D eigenvalue weighted by Crippen LogP contribution is -2.10. The van der Waals surface area contributed by atoms with Crippen molar-refractivity contribution >= 4 is 11.4 Å². The van der Waals surface area contributed by atoms with Gasteiger partial charge >= 0.3 is 0 Å². The second-order valence-electron chi connectivity index (χ2n) is 5.51. The maximum Gasteiger partial charge on any atom is 0.0418 e. The van der Waals surface area contributed by atoms with Crippen molar-refractivity contribution in [2.75, 3.05) is 0 Å². The number of hydrogen-bond donors (Lipinski definition) is 0. The first-order valence-electron chi connectivity index (χ1n) is 8.78. The molecular weight excluding hydrogens is 268 g/mol. The molecule has 1 aromatic carbocycles. The van der Waals surface area contributed by atoms with E-state index in [1.807, 2.05) is 19.9 Å². The van der Waals surface area contributed by atoms with Crippen LogP contribution in [0.5, 0.6) is 0 Å². The van der Waals surface area contributed by atoms with E-state index in [9.17, 15) is 0 Å². The average Bonchev–Trinajstić information content (AvgIpc) is 2.55. The fourth-order valence-electron chi connectivity index (χ4n) is 2.43. The topological polar surface area (TPSA) is 24.7 Å². The summed E-state index contributed by atoms with van der Waals surface area (Å²) in [6.07, 6.45) is 5.74. The van der Waals surface area contributed by atoms with Gasteiger partial charge in [-0.1, -0.05) is 70.9 Å². The van der Waals surface area contributed by atoms with Gasteiger partial charge < -0.3 is 0 Å². The summed E-state index contributed by atoms with van der Waals surface area (Å²) in [6.45, 7) is 12.6. The van der Waals surface area contributed by atoms with E-state index in [0.29, 0.717) is 5.92 Å². The molecule has 0 aliphatic rings. The molecule has 22 heavy (non-hydrogen) atoms. The molecule has 124 valence electrons. The Morgan fingerprint density at radius 2 is 1.45 bits per heavy atom. The van der Waals surface area contributed by atoms with E-state index in [0.717, 1.165) is 12.1 Å². The Bertz CT molecular complexity index is 426. The van der Waals surface area contributed by atoms with Gasteiger partial charge in [0.15, 0.2) is 0 Å². The summed E-state index contributed by atoms with van der Waals surface area (Å²) in [7, 11) is 0. The first-order chi connectivity index (χ1) is 10.7. The summed E-state index contributed by atoms with van der Waals surface area (Å²) in [4.78, 5) is 0. The third-order valence-corrected chi connectivity index (χ3v) is 3.55. The van der Waals surface area contributed by atoms with Crippen molar-refractivity contribution < 1.29 is 0 Å². The summed E-state index contributed by atoms with van der Waals surface area (Å²) < 4.78 is 0. The van der Waals surface area contributed by atoms with Crippen molar-refractivity contribution in [1.29, 1.82) is 0 Å². The molecule has 0 bridgehead atoms. The normalized spacial score (nSPS) is 12.1. The fraction of sp³-hybridized carbons (Fsp3) is 0.600. The van der Waals surface area contributed by atoms with Gasteiger partial charge in [0.2, 0.25) is 0 Å². The maximum absolute atomic E-state index is 4.46. The molecule has 0 saturated heterocycles. The molecule has 1 aromatic rings. The molecule has 0 atom stereocenters. The quantitative estimate of drug-likeness (QED) is 0.397. The van der Waals surface area contributed by atoms with Gasteiger partial charge in [0, 0.05) is 17.8 Å². The number of rotatable bonds is 8. The van der Waals surface area contributed by atoms with E-state index in [-0.39, 0.29) is 0 Å². The average molecular weight is 303 g/mol. The monoisotopic (exact) mass is 302 g/mol. The molecule has 2 heteroatoms. The van der Waals surface area contributed by atoms with Crippen molar-refractivity contribution in [3.05, 3.63) is 35.9 Å². The third kappa shape index (κ3) is 8.76. The lowest BCUT2D eigenvalue weighted by atomic mass is 9.94. The molecule has 0 spiro atoms. The van der Waals surface area contributed by atoms with E-state index in [4.69, 9.17) is 0 Å². The van der Waals surface area contributed by atoms with Crippen molar-refractivity contribution in [2.24, 2.45) is 16.1 Å². The molecule has 0 N–H and O–H groups in total. The molecule has 0 heterocycles. The molecule has 0 aliphatic heterocycles. The van der Waals surface area contributed by atoms with Gasteiger partial charge in [0.05, 0.1) is 0 Å². The predicted molar refractivity (Wildman–Crippen MR) is 101 cm³/mol. The highest BCUT2D eigenvalue weighted by Gasteiger charge is 2.10. The Kier molecular flexibility index (Phi) is 12.4. The van der Waals surface area contributed by atoms with Crippen LogP contribution < -0.4 is 0 Å². The zero-order chi connectivity index (χ0) is 16.8. The zero-order valence-electron chi connectivity index (χ0n) is 15.4. The highest BCUT2D eigenvalue weighted by atomic mass is 15.2. The smallest absolute Gasteiger partial charge is 0.0418 e. The van der Waals surface area contributed by atoms with Crippen LogP contribution in [0.25, 0.3) is 0 Å². The second kappa shape index (κ2) is 13.2. The summed E-state index contributed by atoms with van der Waals surface area (Å²) >= 11 is 0. The number of hydrogen-bond acceptors (Lipinski definition) is 2. The molecule has 0 aliphatic carbocycles. The molecule has 0 saturated carbocycles. The first-order valence-corrected chi connectivity index (χ1v) is 8.78. The van der Waals surface area contributed by atoms with Gasteiger partial charge in [-0.25, -0.2) is 0 Å². The van der Waals surface area contributed by atoms with Gasteiger partial charge in [-0.3, -0.25) is 0 Å². The van der Waals surface area contributed by atoms with Crippen molar-refractivity contribution in [3.63, 3.8) is 0 Å². The van der Waals surface area contributed by atoms with Crippen molar-refractivity contribution in [2.45, 2.75) is 73.6 Å². The Labute approximate surface area is 137 Å². The molecule has 0 amide bonds. The van der Waals surface area contributed by atoms with Crippen LogP contribution in [-0.2, 0) is 6.42 Å².